The highest BCUT2D eigenvalue weighted by Gasteiger charge is 2.33. The molecule has 0 amide bonds. The molecule has 2 heterocycles. The summed E-state index contributed by atoms with van der Waals surface area (Å²) < 4.78 is 33.5. The maximum absolute atomic E-state index is 12.5. The van der Waals surface area contributed by atoms with Gasteiger partial charge in [0.2, 0.25) is 0 Å². The van der Waals surface area contributed by atoms with Crippen molar-refractivity contribution in [2.75, 3.05) is 19.8 Å². The van der Waals surface area contributed by atoms with Crippen LogP contribution in [0.15, 0.2) is 15.7 Å². The third kappa shape index (κ3) is 4.75. The van der Waals surface area contributed by atoms with Crippen molar-refractivity contribution in [1.29, 1.82) is 0 Å². The van der Waals surface area contributed by atoms with Crippen molar-refractivity contribution < 1.29 is 13.2 Å². The summed E-state index contributed by atoms with van der Waals surface area (Å²) in [6.45, 7) is 6.92. The van der Waals surface area contributed by atoms with Crippen molar-refractivity contribution in [3.05, 3.63) is 17.0 Å². The largest absolute Gasteiger partial charge is 0.381 e. The molecule has 2 N–H and O–H groups in total. The fourth-order valence-corrected chi connectivity index (χ4v) is 4.97. The van der Waals surface area contributed by atoms with E-state index in [-0.39, 0.29) is 0 Å². The van der Waals surface area contributed by atoms with Crippen molar-refractivity contribution in [1.82, 2.24) is 10.0 Å². The lowest BCUT2D eigenvalue weighted by Gasteiger charge is -2.33. The maximum Gasteiger partial charge on any atom is 0.250 e. The van der Waals surface area contributed by atoms with Gasteiger partial charge in [-0.3, -0.25) is 0 Å². The Morgan fingerprint density at radius 1 is 1.38 bits per heavy atom. The van der Waals surface area contributed by atoms with Gasteiger partial charge in [0, 0.05) is 25.3 Å². The first-order valence-electron chi connectivity index (χ1n) is 7.35. The Hall–Kier alpha value is -0.470. The molecule has 1 aromatic heterocycles. The zero-order chi connectivity index (χ0) is 15.3. The summed E-state index contributed by atoms with van der Waals surface area (Å²) in [5, 5.41) is 5.19. The van der Waals surface area contributed by atoms with Crippen LogP contribution in [0.3, 0.4) is 0 Å². The van der Waals surface area contributed by atoms with E-state index in [0.717, 1.165) is 18.5 Å². The summed E-state index contributed by atoms with van der Waals surface area (Å²) >= 11 is 1.28. The van der Waals surface area contributed by atoms with Crippen molar-refractivity contribution in [3.8, 4) is 0 Å². The molecular weight excluding hydrogens is 308 g/mol. The summed E-state index contributed by atoms with van der Waals surface area (Å²) in [6.07, 6.45) is 2.49. The van der Waals surface area contributed by atoms with Crippen LogP contribution in [0.25, 0.3) is 0 Å². The number of ether oxygens (including phenoxy) is 1. The van der Waals surface area contributed by atoms with Crippen LogP contribution in [-0.2, 0) is 21.3 Å². The van der Waals surface area contributed by atoms with Crippen molar-refractivity contribution in [2.24, 2.45) is 0 Å². The molecule has 0 atom stereocenters. The second-order valence-electron chi connectivity index (χ2n) is 5.73. The van der Waals surface area contributed by atoms with Gasteiger partial charge in [-0.2, -0.15) is 0 Å². The van der Waals surface area contributed by atoms with E-state index < -0.39 is 15.6 Å². The molecule has 0 saturated carbocycles. The maximum atomic E-state index is 12.5. The smallest absolute Gasteiger partial charge is 0.250 e. The van der Waals surface area contributed by atoms with Crippen LogP contribution in [0.2, 0.25) is 0 Å². The lowest BCUT2D eigenvalue weighted by molar-refractivity contribution is 0.0538. The predicted octanol–water partition coefficient (Wildman–Crippen LogP) is 2.10. The zero-order valence-corrected chi connectivity index (χ0v) is 14.3. The van der Waals surface area contributed by atoms with Crippen LogP contribution < -0.4 is 10.0 Å². The van der Waals surface area contributed by atoms with Crippen LogP contribution in [0, 0.1) is 0 Å². The molecule has 1 saturated heterocycles. The van der Waals surface area contributed by atoms with Gasteiger partial charge in [0.15, 0.2) is 0 Å². The number of hydrogen-bond acceptors (Lipinski definition) is 5. The lowest BCUT2D eigenvalue weighted by atomic mass is 9.94. The standard InChI is InChI=1S/C14H24N2O3S2/c1-3-6-15-10-12-9-13(20-11-12)21(17,18)16-14(2)4-7-19-8-5-14/h9,11,15-16H,3-8,10H2,1-2H3. The molecule has 0 spiro atoms. The van der Waals surface area contributed by atoms with Gasteiger partial charge in [-0.05, 0) is 49.7 Å². The topological polar surface area (TPSA) is 67.4 Å². The first kappa shape index (κ1) is 16.9. The minimum absolute atomic E-state index is 0.392. The summed E-state index contributed by atoms with van der Waals surface area (Å²) in [7, 11) is -3.44. The highest BCUT2D eigenvalue weighted by molar-refractivity contribution is 7.91. The molecule has 1 aliphatic heterocycles. The molecule has 1 aromatic rings. The summed E-state index contributed by atoms with van der Waals surface area (Å²) in [6, 6.07) is 1.76. The molecule has 1 aliphatic rings. The third-order valence-corrected chi connectivity index (χ3v) is 6.75. The monoisotopic (exact) mass is 332 g/mol. The molecule has 1 fully saturated rings. The molecule has 2 rings (SSSR count). The molecule has 0 unspecified atom stereocenters. The molecular formula is C14H24N2O3S2. The summed E-state index contributed by atoms with van der Waals surface area (Å²) in [5.74, 6) is 0. The normalized spacial score (nSPS) is 18.8. The van der Waals surface area contributed by atoms with Gasteiger partial charge in [0.1, 0.15) is 4.21 Å². The number of nitrogens with one attached hydrogen (secondary N) is 2. The van der Waals surface area contributed by atoms with E-state index in [1.54, 1.807) is 6.07 Å². The van der Waals surface area contributed by atoms with Gasteiger partial charge in [-0.25, -0.2) is 13.1 Å². The number of rotatable bonds is 7. The fourth-order valence-electron chi connectivity index (χ4n) is 2.29. The highest BCUT2D eigenvalue weighted by Crippen LogP contribution is 2.26. The zero-order valence-electron chi connectivity index (χ0n) is 12.6. The van der Waals surface area contributed by atoms with Gasteiger partial charge in [0.25, 0.3) is 10.0 Å². The molecule has 21 heavy (non-hydrogen) atoms. The Balaban J connectivity index is 2.02. The fraction of sp³-hybridized carbons (Fsp3) is 0.714. The van der Waals surface area contributed by atoms with E-state index >= 15 is 0 Å². The Morgan fingerprint density at radius 2 is 2.10 bits per heavy atom. The second kappa shape index (κ2) is 7.19. The van der Waals surface area contributed by atoms with E-state index in [2.05, 4.69) is 17.0 Å². The van der Waals surface area contributed by atoms with Crippen molar-refractivity contribution in [2.45, 2.75) is 49.4 Å². The summed E-state index contributed by atoms with van der Waals surface area (Å²) in [5.41, 5.74) is 0.618. The lowest BCUT2D eigenvalue weighted by Crippen LogP contribution is -2.49. The van der Waals surface area contributed by atoms with Crippen molar-refractivity contribution in [3.63, 3.8) is 0 Å². The minimum Gasteiger partial charge on any atom is -0.381 e. The van der Waals surface area contributed by atoms with E-state index in [4.69, 9.17) is 4.74 Å². The van der Waals surface area contributed by atoms with Crippen LogP contribution in [0.5, 0.6) is 0 Å². The molecule has 0 radical (unpaired) electrons. The number of thiophene rings is 1. The first-order chi connectivity index (χ1) is 9.95. The molecule has 120 valence electrons. The van der Waals surface area contributed by atoms with Crippen LogP contribution in [0.4, 0.5) is 0 Å². The van der Waals surface area contributed by atoms with Crippen molar-refractivity contribution >= 4 is 21.4 Å². The highest BCUT2D eigenvalue weighted by atomic mass is 32.2. The van der Waals surface area contributed by atoms with E-state index in [1.807, 2.05) is 12.3 Å². The molecule has 0 bridgehead atoms. The van der Waals surface area contributed by atoms with Crippen LogP contribution in [-0.4, -0.2) is 33.7 Å². The van der Waals surface area contributed by atoms with Crippen LogP contribution >= 0.6 is 11.3 Å². The average molecular weight is 332 g/mol. The molecule has 0 aliphatic carbocycles. The van der Waals surface area contributed by atoms with Gasteiger partial charge in [0.05, 0.1) is 0 Å². The third-order valence-electron chi connectivity index (χ3n) is 3.63. The Bertz CT molecular complexity index is 548. The molecule has 0 aromatic carbocycles. The quantitative estimate of drug-likeness (QED) is 0.750. The van der Waals surface area contributed by atoms with E-state index in [9.17, 15) is 8.42 Å². The van der Waals surface area contributed by atoms with Gasteiger partial charge in [-0.1, -0.05) is 6.92 Å². The van der Waals surface area contributed by atoms with E-state index in [1.165, 1.54) is 11.3 Å². The van der Waals surface area contributed by atoms with Gasteiger partial charge < -0.3 is 10.1 Å². The Labute approximate surface area is 131 Å². The average Bonchev–Trinajstić information content (AvgIpc) is 2.88. The number of hydrogen-bond donors (Lipinski definition) is 2. The molecule has 5 nitrogen and oxygen atoms in total. The Morgan fingerprint density at radius 3 is 2.76 bits per heavy atom. The number of sulfonamides is 1. The van der Waals surface area contributed by atoms with E-state index in [0.29, 0.717) is 36.8 Å². The van der Waals surface area contributed by atoms with Gasteiger partial charge >= 0.3 is 0 Å². The van der Waals surface area contributed by atoms with Gasteiger partial charge in [-0.15, -0.1) is 11.3 Å². The summed E-state index contributed by atoms with van der Waals surface area (Å²) in [4.78, 5) is 0. The predicted molar refractivity (Wildman–Crippen MR) is 85.1 cm³/mol. The van der Waals surface area contributed by atoms with Crippen LogP contribution in [0.1, 0.15) is 38.7 Å². The Kier molecular flexibility index (Phi) is 5.79. The second-order valence-corrected chi connectivity index (χ2v) is 8.55. The molecule has 7 heteroatoms. The SMILES string of the molecule is CCCNCc1csc(S(=O)(=O)NC2(C)CCOCC2)c1. The first-order valence-corrected chi connectivity index (χ1v) is 9.71. The minimum atomic E-state index is -3.44.